The van der Waals surface area contributed by atoms with Crippen LogP contribution in [0.5, 0.6) is 11.5 Å². The second-order valence-electron chi connectivity index (χ2n) is 8.93. The Labute approximate surface area is 209 Å². The Balaban J connectivity index is 1.50. The number of carboxylic acid groups (broad SMARTS) is 1. The van der Waals surface area contributed by atoms with Crippen molar-refractivity contribution in [3.05, 3.63) is 77.4 Å². The second kappa shape index (κ2) is 10.1. The lowest BCUT2D eigenvalue weighted by Gasteiger charge is -2.27. The fourth-order valence-corrected chi connectivity index (χ4v) is 4.43. The van der Waals surface area contributed by atoms with Crippen LogP contribution >= 0.6 is 0 Å². The van der Waals surface area contributed by atoms with E-state index in [0.29, 0.717) is 28.3 Å². The van der Waals surface area contributed by atoms with Crippen LogP contribution in [0.3, 0.4) is 0 Å². The molecule has 0 radical (unpaired) electrons. The standard InChI is InChI=1S/C28H28N2O6/c1-16(2)25(28(33)34)30-15-20-6-5-18(13-22(20)27(30)32)17-7-10-21(11-8-17)29-26(31)19-9-12-23(35-3)24(14-19)36-4/h5-14,16,25H,15H2,1-4H3,(H,29,31)(H,33,34). The van der Waals surface area contributed by atoms with Gasteiger partial charge in [0.2, 0.25) is 0 Å². The molecule has 3 aromatic carbocycles. The Hall–Kier alpha value is -4.33. The molecule has 4 rings (SSSR count). The monoisotopic (exact) mass is 488 g/mol. The van der Waals surface area contributed by atoms with Crippen LogP contribution in [0.2, 0.25) is 0 Å². The third-order valence-corrected chi connectivity index (χ3v) is 6.28. The van der Waals surface area contributed by atoms with E-state index < -0.39 is 12.0 Å². The molecule has 0 fully saturated rings. The zero-order valence-electron chi connectivity index (χ0n) is 20.6. The van der Waals surface area contributed by atoms with E-state index in [0.717, 1.165) is 16.7 Å². The Bertz CT molecular complexity index is 1320. The normalized spacial score (nSPS) is 13.4. The van der Waals surface area contributed by atoms with Gasteiger partial charge in [-0.15, -0.1) is 0 Å². The first kappa shape index (κ1) is 24.8. The number of carbonyl (C=O) groups excluding carboxylic acids is 2. The lowest BCUT2D eigenvalue weighted by Crippen LogP contribution is -2.44. The van der Waals surface area contributed by atoms with Gasteiger partial charge in [0.25, 0.3) is 11.8 Å². The van der Waals surface area contributed by atoms with Crippen LogP contribution in [0.15, 0.2) is 60.7 Å². The molecule has 0 spiro atoms. The van der Waals surface area contributed by atoms with Gasteiger partial charge >= 0.3 is 5.97 Å². The van der Waals surface area contributed by atoms with E-state index in [-0.39, 0.29) is 24.3 Å². The lowest BCUT2D eigenvalue weighted by atomic mass is 10.00. The van der Waals surface area contributed by atoms with E-state index in [1.54, 1.807) is 50.2 Å². The predicted octanol–water partition coefficient (Wildman–Crippen LogP) is 4.69. The van der Waals surface area contributed by atoms with Crippen molar-refractivity contribution in [1.82, 2.24) is 4.90 Å². The minimum absolute atomic E-state index is 0.206. The Morgan fingerprint density at radius 1 is 0.917 bits per heavy atom. The number of methoxy groups -OCH3 is 2. The highest BCUT2D eigenvalue weighted by Gasteiger charge is 2.38. The van der Waals surface area contributed by atoms with Crippen molar-refractivity contribution >= 4 is 23.5 Å². The van der Waals surface area contributed by atoms with Gasteiger partial charge in [-0.25, -0.2) is 4.79 Å². The summed E-state index contributed by atoms with van der Waals surface area (Å²) in [6.07, 6.45) is 0. The fraction of sp³-hybridized carbons (Fsp3) is 0.250. The average Bonchev–Trinajstić information content (AvgIpc) is 3.18. The van der Waals surface area contributed by atoms with Crippen molar-refractivity contribution in [1.29, 1.82) is 0 Å². The van der Waals surface area contributed by atoms with Crippen molar-refractivity contribution in [2.24, 2.45) is 5.92 Å². The Morgan fingerprint density at radius 3 is 2.19 bits per heavy atom. The van der Waals surface area contributed by atoms with Crippen molar-refractivity contribution < 1.29 is 29.0 Å². The van der Waals surface area contributed by atoms with Gasteiger partial charge in [-0.2, -0.15) is 0 Å². The molecule has 0 saturated carbocycles. The van der Waals surface area contributed by atoms with Crippen LogP contribution in [0, 0.1) is 5.92 Å². The highest BCUT2D eigenvalue weighted by molar-refractivity contribution is 6.05. The molecule has 1 unspecified atom stereocenters. The number of anilines is 1. The van der Waals surface area contributed by atoms with Crippen molar-refractivity contribution in [2.45, 2.75) is 26.4 Å². The molecule has 3 aromatic rings. The van der Waals surface area contributed by atoms with E-state index >= 15 is 0 Å². The van der Waals surface area contributed by atoms with Crippen molar-refractivity contribution in [2.75, 3.05) is 19.5 Å². The molecule has 36 heavy (non-hydrogen) atoms. The maximum absolute atomic E-state index is 13.0. The van der Waals surface area contributed by atoms with Crippen LogP contribution in [0.4, 0.5) is 5.69 Å². The molecule has 0 aliphatic carbocycles. The van der Waals surface area contributed by atoms with Gasteiger partial charge in [-0.05, 0) is 59.0 Å². The SMILES string of the molecule is COc1ccc(C(=O)Nc2ccc(-c3ccc4c(c3)C(=O)N(C(C(=O)O)C(C)C)C4)cc2)cc1OC. The summed E-state index contributed by atoms with van der Waals surface area (Å²) in [5, 5.41) is 12.5. The van der Waals surface area contributed by atoms with Crippen LogP contribution in [0.25, 0.3) is 11.1 Å². The number of carbonyl (C=O) groups is 3. The number of aliphatic carboxylic acids is 1. The second-order valence-corrected chi connectivity index (χ2v) is 8.93. The Kier molecular flexibility index (Phi) is 6.96. The van der Waals surface area contributed by atoms with Gasteiger partial charge < -0.3 is 24.8 Å². The highest BCUT2D eigenvalue weighted by atomic mass is 16.5. The van der Waals surface area contributed by atoms with Gasteiger partial charge in [0.15, 0.2) is 11.5 Å². The van der Waals surface area contributed by atoms with Crippen molar-refractivity contribution in [3.8, 4) is 22.6 Å². The summed E-state index contributed by atoms with van der Waals surface area (Å²) >= 11 is 0. The van der Waals surface area contributed by atoms with E-state index in [1.165, 1.54) is 19.1 Å². The summed E-state index contributed by atoms with van der Waals surface area (Å²) in [5.41, 5.74) is 4.08. The first-order chi connectivity index (χ1) is 17.2. The summed E-state index contributed by atoms with van der Waals surface area (Å²) in [4.78, 5) is 38.9. The summed E-state index contributed by atoms with van der Waals surface area (Å²) in [6.45, 7) is 3.88. The number of ether oxygens (including phenoxy) is 2. The molecule has 1 aliphatic rings. The number of nitrogens with zero attached hydrogens (tertiary/aromatic N) is 1. The molecule has 0 aromatic heterocycles. The van der Waals surface area contributed by atoms with E-state index in [9.17, 15) is 19.5 Å². The molecular weight excluding hydrogens is 460 g/mol. The van der Waals surface area contributed by atoms with Crippen molar-refractivity contribution in [3.63, 3.8) is 0 Å². The van der Waals surface area contributed by atoms with E-state index in [1.807, 2.05) is 24.3 Å². The number of fused-ring (bicyclic) bond motifs is 1. The topological polar surface area (TPSA) is 105 Å². The zero-order valence-corrected chi connectivity index (χ0v) is 20.6. The first-order valence-corrected chi connectivity index (χ1v) is 11.5. The third-order valence-electron chi connectivity index (χ3n) is 6.28. The van der Waals surface area contributed by atoms with Crippen LogP contribution in [-0.4, -0.2) is 48.1 Å². The number of rotatable bonds is 8. The zero-order chi connectivity index (χ0) is 26.0. The quantitative estimate of drug-likeness (QED) is 0.477. The molecule has 1 aliphatic heterocycles. The molecule has 8 heteroatoms. The smallest absolute Gasteiger partial charge is 0.326 e. The maximum atomic E-state index is 13.0. The number of amides is 2. The largest absolute Gasteiger partial charge is 0.493 e. The summed E-state index contributed by atoms with van der Waals surface area (Å²) in [7, 11) is 3.04. The Morgan fingerprint density at radius 2 is 1.58 bits per heavy atom. The summed E-state index contributed by atoms with van der Waals surface area (Å²) < 4.78 is 10.5. The predicted molar refractivity (Wildman–Crippen MR) is 136 cm³/mol. The first-order valence-electron chi connectivity index (χ1n) is 11.5. The maximum Gasteiger partial charge on any atom is 0.326 e. The molecule has 8 nitrogen and oxygen atoms in total. The third kappa shape index (κ3) is 4.75. The van der Waals surface area contributed by atoms with Crippen LogP contribution in [-0.2, 0) is 11.3 Å². The molecule has 0 saturated heterocycles. The summed E-state index contributed by atoms with van der Waals surface area (Å²) in [6, 6.07) is 16.9. The van der Waals surface area contributed by atoms with E-state index in [2.05, 4.69) is 5.32 Å². The van der Waals surface area contributed by atoms with Gasteiger partial charge in [-0.3, -0.25) is 9.59 Å². The number of hydrogen-bond acceptors (Lipinski definition) is 5. The number of benzene rings is 3. The average molecular weight is 489 g/mol. The van der Waals surface area contributed by atoms with Gasteiger partial charge in [0, 0.05) is 23.4 Å². The van der Waals surface area contributed by atoms with Crippen LogP contribution < -0.4 is 14.8 Å². The summed E-state index contributed by atoms with van der Waals surface area (Å²) in [5.74, 6) is -0.763. The number of hydrogen-bond donors (Lipinski definition) is 2. The minimum atomic E-state index is -1.00. The number of nitrogens with one attached hydrogen (secondary N) is 1. The molecule has 0 bridgehead atoms. The van der Waals surface area contributed by atoms with E-state index in [4.69, 9.17) is 9.47 Å². The highest BCUT2D eigenvalue weighted by Crippen LogP contribution is 2.32. The lowest BCUT2D eigenvalue weighted by molar-refractivity contribution is -0.144. The molecule has 2 amide bonds. The minimum Gasteiger partial charge on any atom is -0.493 e. The van der Waals surface area contributed by atoms with Gasteiger partial charge in [0.05, 0.1) is 14.2 Å². The van der Waals surface area contributed by atoms with Gasteiger partial charge in [0.1, 0.15) is 6.04 Å². The number of carboxylic acids is 1. The fourth-order valence-electron chi connectivity index (χ4n) is 4.43. The molecule has 1 heterocycles. The molecule has 1 atom stereocenters. The molecule has 2 N–H and O–H groups in total. The van der Waals surface area contributed by atoms with Gasteiger partial charge in [-0.1, -0.05) is 38.1 Å². The molecular formula is C28H28N2O6. The molecule has 186 valence electrons. The van der Waals surface area contributed by atoms with Crippen LogP contribution in [0.1, 0.15) is 40.1 Å².